The van der Waals surface area contributed by atoms with Crippen LogP contribution in [0.15, 0.2) is 36.5 Å². The molecule has 1 saturated heterocycles. The molecule has 0 radical (unpaired) electrons. The van der Waals surface area contributed by atoms with Crippen LogP contribution in [0.4, 0.5) is 14.6 Å². The Morgan fingerprint density at radius 2 is 1.92 bits per heavy atom. The second-order valence-corrected chi connectivity index (χ2v) is 6.56. The predicted molar refractivity (Wildman–Crippen MR) is 96.8 cm³/mol. The number of hydrogen-bond donors (Lipinski definition) is 1. The molecular weight excluding hydrogens is 336 g/mol. The van der Waals surface area contributed by atoms with E-state index in [2.05, 4.69) is 15.2 Å². The molecule has 2 heterocycles. The van der Waals surface area contributed by atoms with Gasteiger partial charge in [-0.25, -0.2) is 13.8 Å². The number of hydrogen-bond acceptors (Lipinski definition) is 3. The van der Waals surface area contributed by atoms with Gasteiger partial charge < -0.3 is 10.2 Å². The Kier molecular flexibility index (Phi) is 6.15. The summed E-state index contributed by atoms with van der Waals surface area (Å²) in [6, 6.07) is 7.57. The van der Waals surface area contributed by atoms with Crippen molar-refractivity contribution >= 4 is 11.7 Å². The molecule has 0 bridgehead atoms. The largest absolute Gasteiger partial charge is 0.356 e. The van der Waals surface area contributed by atoms with Crippen molar-refractivity contribution in [2.45, 2.75) is 38.6 Å². The molecule has 1 aliphatic rings. The van der Waals surface area contributed by atoms with Gasteiger partial charge in [-0.3, -0.25) is 4.79 Å². The lowest BCUT2D eigenvalue weighted by Crippen LogP contribution is -2.32. The van der Waals surface area contributed by atoms with Crippen LogP contribution in [-0.4, -0.2) is 24.0 Å². The molecule has 1 N–H and O–H groups in total. The molecule has 2 aromatic rings. The molecule has 0 spiro atoms. The van der Waals surface area contributed by atoms with Gasteiger partial charge in [-0.15, -0.1) is 0 Å². The van der Waals surface area contributed by atoms with Crippen LogP contribution in [-0.2, 0) is 17.8 Å². The summed E-state index contributed by atoms with van der Waals surface area (Å²) in [6.45, 7) is 2.40. The highest BCUT2D eigenvalue weighted by molar-refractivity contribution is 5.76. The molecule has 0 unspecified atom stereocenters. The zero-order chi connectivity index (χ0) is 18.4. The Balaban J connectivity index is 1.53. The first-order chi connectivity index (χ1) is 12.6. The summed E-state index contributed by atoms with van der Waals surface area (Å²) in [4.78, 5) is 18.9. The zero-order valence-electron chi connectivity index (χ0n) is 14.7. The average Bonchev–Trinajstić information content (AvgIpc) is 2.68. The maximum Gasteiger partial charge on any atom is 0.220 e. The number of pyridine rings is 1. The van der Waals surface area contributed by atoms with Crippen LogP contribution in [0.5, 0.6) is 0 Å². The lowest BCUT2D eigenvalue weighted by Gasteiger charge is -2.29. The number of rotatable bonds is 6. The van der Waals surface area contributed by atoms with E-state index in [0.717, 1.165) is 49.4 Å². The molecule has 4 nitrogen and oxygen atoms in total. The van der Waals surface area contributed by atoms with Crippen molar-refractivity contribution in [1.29, 1.82) is 0 Å². The van der Waals surface area contributed by atoms with E-state index in [1.54, 1.807) is 6.20 Å². The van der Waals surface area contributed by atoms with Crippen molar-refractivity contribution < 1.29 is 13.6 Å². The monoisotopic (exact) mass is 359 g/mol. The number of carbonyl (C=O) groups excluding carboxylic acids is 1. The Labute approximate surface area is 152 Å². The molecule has 1 aromatic heterocycles. The van der Waals surface area contributed by atoms with E-state index in [0.29, 0.717) is 18.5 Å². The van der Waals surface area contributed by atoms with Crippen LogP contribution < -0.4 is 10.2 Å². The van der Waals surface area contributed by atoms with Crippen molar-refractivity contribution in [3.63, 3.8) is 0 Å². The number of halogens is 2. The third-order valence-electron chi connectivity index (χ3n) is 4.62. The van der Waals surface area contributed by atoms with Gasteiger partial charge in [0.05, 0.1) is 0 Å². The summed E-state index contributed by atoms with van der Waals surface area (Å²) in [5.41, 5.74) is 1.60. The van der Waals surface area contributed by atoms with E-state index in [1.165, 1.54) is 12.5 Å². The number of piperidine rings is 1. The normalized spacial score (nSPS) is 14.3. The highest BCUT2D eigenvalue weighted by atomic mass is 19.2. The SMILES string of the molecule is O=C(CCc1ccc(F)c(F)c1)NCc1cccnc1N1CCCCC1. The number of nitrogens with zero attached hydrogens (tertiary/aromatic N) is 2. The molecule has 138 valence electrons. The highest BCUT2D eigenvalue weighted by Crippen LogP contribution is 2.21. The van der Waals surface area contributed by atoms with Crippen LogP contribution >= 0.6 is 0 Å². The number of carbonyl (C=O) groups is 1. The molecule has 0 aliphatic carbocycles. The van der Waals surface area contributed by atoms with Gasteiger partial charge >= 0.3 is 0 Å². The third-order valence-corrected chi connectivity index (χ3v) is 4.62. The summed E-state index contributed by atoms with van der Waals surface area (Å²) in [6.07, 6.45) is 5.95. The molecule has 0 saturated carbocycles. The molecule has 1 aliphatic heterocycles. The molecule has 6 heteroatoms. The van der Waals surface area contributed by atoms with Crippen LogP contribution in [0.2, 0.25) is 0 Å². The van der Waals surface area contributed by atoms with Gasteiger partial charge in [0, 0.05) is 37.8 Å². The lowest BCUT2D eigenvalue weighted by atomic mass is 10.1. The molecule has 3 rings (SSSR count). The number of nitrogens with one attached hydrogen (secondary N) is 1. The van der Waals surface area contributed by atoms with Crippen LogP contribution in [0, 0.1) is 11.6 Å². The number of aromatic nitrogens is 1. The van der Waals surface area contributed by atoms with E-state index in [9.17, 15) is 13.6 Å². The predicted octanol–water partition coefficient (Wildman–Crippen LogP) is 3.60. The van der Waals surface area contributed by atoms with Gasteiger partial charge in [-0.05, 0) is 49.4 Å². The molecule has 1 amide bonds. The standard InChI is InChI=1S/C20H23F2N3O/c21-17-8-6-15(13-18(17)22)7-9-19(26)24-14-16-5-4-10-23-20(16)25-11-2-1-3-12-25/h4-6,8,10,13H,1-3,7,9,11-12,14H2,(H,24,26). The fourth-order valence-corrected chi connectivity index (χ4v) is 3.19. The second kappa shape index (κ2) is 8.74. The quantitative estimate of drug-likeness (QED) is 0.857. The van der Waals surface area contributed by atoms with Crippen LogP contribution in [0.3, 0.4) is 0 Å². The summed E-state index contributed by atoms with van der Waals surface area (Å²) in [5.74, 6) is -0.944. The first-order valence-electron chi connectivity index (χ1n) is 9.03. The number of anilines is 1. The minimum Gasteiger partial charge on any atom is -0.356 e. The third kappa shape index (κ3) is 4.77. The summed E-state index contributed by atoms with van der Waals surface area (Å²) >= 11 is 0. The number of amides is 1. The first-order valence-corrected chi connectivity index (χ1v) is 9.03. The van der Waals surface area contributed by atoms with Gasteiger partial charge in [-0.2, -0.15) is 0 Å². The smallest absolute Gasteiger partial charge is 0.220 e. The molecule has 1 aromatic carbocycles. The Morgan fingerprint density at radius 3 is 2.69 bits per heavy atom. The summed E-state index contributed by atoms with van der Waals surface area (Å²) in [5, 5.41) is 2.90. The molecule has 1 fully saturated rings. The van der Waals surface area contributed by atoms with Gasteiger partial charge in [-0.1, -0.05) is 12.1 Å². The van der Waals surface area contributed by atoms with Crippen LogP contribution in [0.1, 0.15) is 36.8 Å². The van der Waals surface area contributed by atoms with Crippen molar-refractivity contribution in [1.82, 2.24) is 10.3 Å². The van der Waals surface area contributed by atoms with Gasteiger partial charge in [0.2, 0.25) is 5.91 Å². The van der Waals surface area contributed by atoms with Crippen molar-refractivity contribution in [2.24, 2.45) is 0 Å². The fourth-order valence-electron chi connectivity index (χ4n) is 3.19. The van der Waals surface area contributed by atoms with E-state index in [-0.39, 0.29) is 12.3 Å². The first kappa shape index (κ1) is 18.3. The van der Waals surface area contributed by atoms with E-state index < -0.39 is 11.6 Å². The molecule has 26 heavy (non-hydrogen) atoms. The topological polar surface area (TPSA) is 45.2 Å². The van der Waals surface area contributed by atoms with Gasteiger partial charge in [0.1, 0.15) is 5.82 Å². The van der Waals surface area contributed by atoms with Crippen molar-refractivity contribution in [2.75, 3.05) is 18.0 Å². The van der Waals surface area contributed by atoms with Crippen LogP contribution in [0.25, 0.3) is 0 Å². The highest BCUT2D eigenvalue weighted by Gasteiger charge is 2.15. The minimum absolute atomic E-state index is 0.122. The lowest BCUT2D eigenvalue weighted by molar-refractivity contribution is -0.121. The van der Waals surface area contributed by atoms with E-state index in [1.807, 2.05) is 12.1 Å². The molecule has 0 atom stereocenters. The van der Waals surface area contributed by atoms with E-state index >= 15 is 0 Å². The second-order valence-electron chi connectivity index (χ2n) is 6.56. The Hall–Kier alpha value is -2.50. The Bertz CT molecular complexity index is 760. The van der Waals surface area contributed by atoms with Crippen molar-refractivity contribution in [3.8, 4) is 0 Å². The minimum atomic E-state index is -0.885. The summed E-state index contributed by atoms with van der Waals surface area (Å²) in [7, 11) is 0. The molecular formula is C20H23F2N3O. The maximum atomic E-state index is 13.2. The Morgan fingerprint density at radius 1 is 1.12 bits per heavy atom. The number of aryl methyl sites for hydroxylation is 1. The van der Waals surface area contributed by atoms with Gasteiger partial charge in [0.25, 0.3) is 0 Å². The maximum absolute atomic E-state index is 13.2. The zero-order valence-corrected chi connectivity index (χ0v) is 14.7. The van der Waals surface area contributed by atoms with E-state index in [4.69, 9.17) is 0 Å². The summed E-state index contributed by atoms with van der Waals surface area (Å²) < 4.78 is 26.1. The average molecular weight is 359 g/mol. The van der Waals surface area contributed by atoms with Crippen molar-refractivity contribution in [3.05, 3.63) is 59.3 Å². The van der Waals surface area contributed by atoms with Gasteiger partial charge in [0.15, 0.2) is 11.6 Å². The number of benzene rings is 1. The fraction of sp³-hybridized carbons (Fsp3) is 0.400.